The number of phenols is 1. The Bertz CT molecular complexity index is 1000. The Morgan fingerprint density at radius 3 is 1.74 bits per heavy atom. The molecule has 192 valence electrons. The summed E-state index contributed by atoms with van der Waals surface area (Å²) in [6.07, 6.45) is 0. The van der Waals surface area contributed by atoms with Gasteiger partial charge in [-0.1, -0.05) is 42.8 Å². The molecule has 0 spiro atoms. The lowest BCUT2D eigenvalue weighted by molar-refractivity contribution is -0.143. The molecule has 0 atom stereocenters. The third-order valence-corrected chi connectivity index (χ3v) is 4.44. The smallest absolute Gasteiger partial charge is 0.340 e. The number of hydrogen-bond acceptors (Lipinski definition) is 7. The first kappa shape index (κ1) is 31.3. The highest BCUT2D eigenvalue weighted by Crippen LogP contribution is 2.18. The van der Waals surface area contributed by atoms with Crippen LogP contribution >= 0.6 is 0 Å². The van der Waals surface area contributed by atoms with Crippen molar-refractivity contribution in [2.45, 2.75) is 73.9 Å². The summed E-state index contributed by atoms with van der Waals surface area (Å²) in [6.45, 7) is 13.6. The SMILES string of the molecule is C.CC(=O)NC(C)(C)C(=O)Oc1ccc(C)cc1.CC1=NC(C)(C)C(=O)O1.Cc1ccc(O)cc1. The van der Waals surface area contributed by atoms with Crippen LogP contribution in [0.2, 0.25) is 0 Å². The number of nitrogens with one attached hydrogen (secondary N) is 1. The van der Waals surface area contributed by atoms with Crippen LogP contribution in [0, 0.1) is 13.8 Å². The fourth-order valence-corrected chi connectivity index (χ4v) is 2.60. The fraction of sp³-hybridized carbons (Fsp3) is 0.407. The highest BCUT2D eigenvalue weighted by Gasteiger charge is 2.35. The largest absolute Gasteiger partial charge is 0.508 e. The van der Waals surface area contributed by atoms with E-state index in [0.29, 0.717) is 17.4 Å². The zero-order chi connectivity index (χ0) is 26.1. The minimum absolute atomic E-state index is 0. The molecule has 0 saturated heterocycles. The van der Waals surface area contributed by atoms with Gasteiger partial charge in [0.25, 0.3) is 0 Å². The van der Waals surface area contributed by atoms with Crippen molar-refractivity contribution in [1.82, 2.24) is 5.32 Å². The number of cyclic esters (lactones) is 1. The van der Waals surface area contributed by atoms with Crippen molar-refractivity contribution < 1.29 is 29.0 Å². The summed E-state index contributed by atoms with van der Waals surface area (Å²) in [4.78, 5) is 37.5. The minimum atomic E-state index is -1.03. The Morgan fingerprint density at radius 2 is 1.43 bits per heavy atom. The summed E-state index contributed by atoms with van der Waals surface area (Å²) in [5.74, 6) is 0.243. The predicted octanol–water partition coefficient (Wildman–Crippen LogP) is 4.89. The fourth-order valence-electron chi connectivity index (χ4n) is 2.60. The minimum Gasteiger partial charge on any atom is -0.508 e. The molecule has 2 aromatic carbocycles. The average molecular weight is 487 g/mol. The molecule has 8 nitrogen and oxygen atoms in total. The van der Waals surface area contributed by atoms with E-state index in [1.807, 2.05) is 38.1 Å². The third kappa shape index (κ3) is 11.3. The molecule has 0 bridgehead atoms. The molecule has 1 aliphatic rings. The quantitative estimate of drug-likeness (QED) is 0.471. The molecule has 2 N–H and O–H groups in total. The Labute approximate surface area is 208 Å². The number of nitrogens with zero attached hydrogens (tertiary/aromatic N) is 1. The van der Waals surface area contributed by atoms with Crippen LogP contribution in [0.4, 0.5) is 0 Å². The van der Waals surface area contributed by atoms with Crippen molar-refractivity contribution in [3.8, 4) is 11.5 Å². The number of benzene rings is 2. The number of rotatable bonds is 3. The van der Waals surface area contributed by atoms with Gasteiger partial charge in [0.15, 0.2) is 11.4 Å². The van der Waals surface area contributed by atoms with Gasteiger partial charge in [-0.15, -0.1) is 0 Å². The summed E-state index contributed by atoms with van der Waals surface area (Å²) in [5, 5.41) is 11.3. The van der Waals surface area contributed by atoms with E-state index in [2.05, 4.69) is 15.0 Å². The molecule has 0 radical (unpaired) electrons. The maximum absolute atomic E-state index is 11.8. The number of esters is 2. The first-order chi connectivity index (χ1) is 15.6. The summed E-state index contributed by atoms with van der Waals surface area (Å²) in [7, 11) is 0. The summed E-state index contributed by atoms with van der Waals surface area (Å²) in [6, 6.07) is 14.2. The molecule has 0 fully saturated rings. The number of ether oxygens (including phenoxy) is 2. The van der Waals surface area contributed by atoms with Crippen LogP contribution in [0.15, 0.2) is 53.5 Å². The molecule has 2 aromatic rings. The Kier molecular flexibility index (Phi) is 11.9. The van der Waals surface area contributed by atoms with Crippen LogP contribution in [0.3, 0.4) is 0 Å². The van der Waals surface area contributed by atoms with Gasteiger partial charge in [-0.2, -0.15) is 0 Å². The molecule has 3 rings (SSSR count). The van der Waals surface area contributed by atoms with Crippen LogP contribution in [-0.2, 0) is 19.1 Å². The van der Waals surface area contributed by atoms with Crippen LogP contribution in [0.1, 0.15) is 60.1 Å². The molecular formula is C27H38N2O6. The summed E-state index contributed by atoms with van der Waals surface area (Å²) in [5.41, 5.74) is 0.578. The van der Waals surface area contributed by atoms with E-state index in [9.17, 15) is 14.4 Å². The molecule has 8 heteroatoms. The first-order valence-corrected chi connectivity index (χ1v) is 10.7. The van der Waals surface area contributed by atoms with Gasteiger partial charge in [-0.05, 0) is 65.8 Å². The Hall–Kier alpha value is -3.68. The molecule has 0 unspecified atom stereocenters. The lowest BCUT2D eigenvalue weighted by atomic mass is 10.1. The van der Waals surface area contributed by atoms with Crippen LogP contribution in [0.25, 0.3) is 0 Å². The van der Waals surface area contributed by atoms with Crippen molar-refractivity contribution in [3.05, 3.63) is 59.7 Å². The lowest BCUT2D eigenvalue weighted by Crippen LogP contribution is -2.50. The van der Waals surface area contributed by atoms with E-state index < -0.39 is 17.0 Å². The maximum Gasteiger partial charge on any atom is 0.340 e. The molecule has 0 aromatic heterocycles. The van der Waals surface area contributed by atoms with Gasteiger partial charge < -0.3 is 19.9 Å². The summed E-state index contributed by atoms with van der Waals surface area (Å²) < 4.78 is 9.87. The zero-order valence-electron chi connectivity index (χ0n) is 21.1. The number of aromatic hydroxyl groups is 1. The first-order valence-electron chi connectivity index (χ1n) is 10.7. The highest BCUT2D eigenvalue weighted by atomic mass is 16.6. The van der Waals surface area contributed by atoms with E-state index in [1.165, 1.54) is 12.5 Å². The van der Waals surface area contributed by atoms with Crippen molar-refractivity contribution in [3.63, 3.8) is 0 Å². The number of amides is 1. The molecule has 35 heavy (non-hydrogen) atoms. The maximum atomic E-state index is 11.8. The van der Waals surface area contributed by atoms with Crippen LogP contribution < -0.4 is 10.1 Å². The second kappa shape index (κ2) is 13.3. The predicted molar refractivity (Wildman–Crippen MR) is 138 cm³/mol. The number of phenolic OH excluding ortho intramolecular Hbond substituents is 1. The van der Waals surface area contributed by atoms with Crippen molar-refractivity contribution in [2.24, 2.45) is 4.99 Å². The molecule has 1 aliphatic heterocycles. The number of aryl methyl sites for hydroxylation is 2. The number of hydrogen-bond donors (Lipinski definition) is 2. The van der Waals surface area contributed by atoms with Gasteiger partial charge in [0, 0.05) is 13.8 Å². The molecular weight excluding hydrogens is 448 g/mol. The Balaban J connectivity index is 0.000000540. The molecule has 0 saturated carbocycles. The zero-order valence-corrected chi connectivity index (χ0v) is 21.1. The molecule has 1 heterocycles. The summed E-state index contributed by atoms with van der Waals surface area (Å²) >= 11 is 0. The van der Waals surface area contributed by atoms with E-state index in [1.54, 1.807) is 58.9 Å². The van der Waals surface area contributed by atoms with E-state index >= 15 is 0 Å². The number of aliphatic imine (C=N–C) groups is 1. The molecule has 1 amide bonds. The van der Waals surface area contributed by atoms with E-state index in [4.69, 9.17) is 9.84 Å². The van der Waals surface area contributed by atoms with Crippen molar-refractivity contribution in [2.75, 3.05) is 0 Å². The van der Waals surface area contributed by atoms with Gasteiger partial charge in [-0.3, -0.25) is 4.79 Å². The van der Waals surface area contributed by atoms with Crippen molar-refractivity contribution >= 4 is 23.7 Å². The standard InChI is InChI=1S/C13H17NO3.C7H8O.C6H9NO2.CH4/c1-9-5-7-11(8-6-9)17-12(16)13(3,4)14-10(2)15;1-6-2-4-7(8)5-3-6;1-4-7-6(2,3)5(8)9-4;/h5-8H,1-4H3,(H,14,15);2-5,8H,1H3;1-3H3;1H4. The topological polar surface area (TPSA) is 114 Å². The van der Waals surface area contributed by atoms with Gasteiger partial charge in [0.1, 0.15) is 17.0 Å². The van der Waals surface area contributed by atoms with Gasteiger partial charge in [-0.25, -0.2) is 14.6 Å². The Morgan fingerprint density at radius 1 is 0.971 bits per heavy atom. The van der Waals surface area contributed by atoms with E-state index in [0.717, 1.165) is 5.56 Å². The monoisotopic (exact) mass is 486 g/mol. The third-order valence-electron chi connectivity index (χ3n) is 4.44. The van der Waals surface area contributed by atoms with Gasteiger partial charge in [0.2, 0.25) is 5.91 Å². The average Bonchev–Trinajstić information content (AvgIpc) is 2.95. The highest BCUT2D eigenvalue weighted by molar-refractivity contribution is 5.98. The second-order valence-electron chi connectivity index (χ2n) is 8.92. The van der Waals surface area contributed by atoms with Gasteiger partial charge >= 0.3 is 11.9 Å². The van der Waals surface area contributed by atoms with Crippen molar-refractivity contribution in [1.29, 1.82) is 0 Å². The normalized spacial score (nSPS) is 13.4. The van der Waals surface area contributed by atoms with Crippen LogP contribution in [0.5, 0.6) is 11.5 Å². The second-order valence-corrected chi connectivity index (χ2v) is 8.92. The van der Waals surface area contributed by atoms with E-state index in [-0.39, 0.29) is 19.3 Å². The van der Waals surface area contributed by atoms with Gasteiger partial charge in [0.05, 0.1) is 0 Å². The molecule has 0 aliphatic carbocycles. The lowest BCUT2D eigenvalue weighted by Gasteiger charge is -2.23. The van der Waals surface area contributed by atoms with Crippen LogP contribution in [-0.4, -0.2) is 39.9 Å². The number of carbonyl (C=O) groups is 3. The number of carbonyl (C=O) groups excluding carboxylic acids is 3.